The Hall–Kier alpha value is -1.25. The number of hydrogen-bond donors (Lipinski definition) is 0. The molecule has 0 spiro atoms. The molecule has 1 rings (SSSR count). The smallest absolute Gasteiger partial charge is 0.152 e. The van der Waals surface area contributed by atoms with Crippen molar-refractivity contribution in [2.45, 2.75) is 46.0 Å². The first-order valence-electron chi connectivity index (χ1n) is 5.70. The van der Waals surface area contributed by atoms with E-state index in [0.717, 1.165) is 0 Å². The Morgan fingerprint density at radius 2 is 1.88 bits per heavy atom. The monoisotopic (exact) mass is 222 g/mol. The number of allylic oxidation sites excluding steroid dienone is 2. The van der Waals surface area contributed by atoms with Crippen molar-refractivity contribution >= 4 is 17.3 Å². The van der Waals surface area contributed by atoms with E-state index in [1.807, 2.05) is 0 Å². The first-order valence-corrected chi connectivity index (χ1v) is 5.70. The van der Waals surface area contributed by atoms with E-state index in [9.17, 15) is 14.4 Å². The molecule has 1 aliphatic rings. The first-order chi connectivity index (χ1) is 7.47. The molecule has 1 aliphatic carbocycles. The molecule has 0 bridgehead atoms. The third-order valence-electron chi connectivity index (χ3n) is 3.20. The largest absolute Gasteiger partial charge is 0.299 e. The van der Waals surface area contributed by atoms with Gasteiger partial charge in [-0.05, 0) is 39.2 Å². The molecular formula is C13H18O3. The predicted molar refractivity (Wildman–Crippen MR) is 61.0 cm³/mol. The fraction of sp³-hybridized carbons (Fsp3) is 0.615. The molecule has 0 aliphatic heterocycles. The molecule has 0 N–H and O–H groups in total. The van der Waals surface area contributed by atoms with Crippen molar-refractivity contribution in [2.75, 3.05) is 0 Å². The summed E-state index contributed by atoms with van der Waals surface area (Å²) < 4.78 is 0. The van der Waals surface area contributed by atoms with Crippen LogP contribution in [-0.2, 0) is 14.4 Å². The quantitative estimate of drug-likeness (QED) is 0.541. The highest BCUT2D eigenvalue weighted by Crippen LogP contribution is 2.34. The summed E-state index contributed by atoms with van der Waals surface area (Å²) in [6.45, 7) is 3.22. The average Bonchev–Trinajstić information content (AvgIpc) is 2.21. The highest BCUT2D eigenvalue weighted by molar-refractivity contribution is 6.08. The molecule has 0 saturated heterocycles. The molecule has 0 unspecified atom stereocenters. The molecule has 0 amide bonds. The molecule has 16 heavy (non-hydrogen) atoms. The van der Waals surface area contributed by atoms with Gasteiger partial charge in [-0.15, -0.1) is 0 Å². The lowest BCUT2D eigenvalue weighted by Gasteiger charge is -2.29. The van der Waals surface area contributed by atoms with Gasteiger partial charge in [-0.3, -0.25) is 14.4 Å². The summed E-state index contributed by atoms with van der Waals surface area (Å²) in [5.41, 5.74) is -0.806. The van der Waals surface area contributed by atoms with E-state index < -0.39 is 5.41 Å². The second-order valence-corrected chi connectivity index (χ2v) is 4.58. The summed E-state index contributed by atoms with van der Waals surface area (Å²) in [4.78, 5) is 34.2. The predicted octanol–water partition coefficient (Wildman–Crippen LogP) is 2.24. The highest BCUT2D eigenvalue weighted by atomic mass is 16.2. The molecule has 0 aromatic carbocycles. The number of carbonyl (C=O) groups excluding carboxylic acids is 3. The Bertz CT molecular complexity index is 323. The minimum absolute atomic E-state index is 0.00792. The normalized spacial score (nSPS) is 20.4. The lowest BCUT2D eigenvalue weighted by molar-refractivity contribution is -0.143. The van der Waals surface area contributed by atoms with Crippen molar-refractivity contribution in [3.63, 3.8) is 0 Å². The molecule has 3 heteroatoms. The molecule has 1 saturated carbocycles. The van der Waals surface area contributed by atoms with Crippen LogP contribution in [0.3, 0.4) is 0 Å². The van der Waals surface area contributed by atoms with Crippen molar-refractivity contribution in [3.8, 4) is 0 Å². The first kappa shape index (κ1) is 12.8. The van der Waals surface area contributed by atoms with Gasteiger partial charge in [0.05, 0.1) is 5.41 Å². The maximum absolute atomic E-state index is 11.7. The Kier molecular flexibility index (Phi) is 4.16. The second-order valence-electron chi connectivity index (χ2n) is 4.58. The molecular weight excluding hydrogens is 204 g/mol. The van der Waals surface area contributed by atoms with E-state index in [1.165, 1.54) is 13.0 Å². The standard InChI is InChI=1S/C13H18O3/c1-10(14)6-3-4-9-13(2)11(15)7-5-8-12(13)16/h3,6H,4-5,7-9H2,1-2H3/b6-3+. The van der Waals surface area contributed by atoms with Crippen molar-refractivity contribution in [1.29, 1.82) is 0 Å². The maximum atomic E-state index is 11.7. The van der Waals surface area contributed by atoms with Gasteiger partial charge in [-0.25, -0.2) is 0 Å². The zero-order chi connectivity index (χ0) is 12.2. The third kappa shape index (κ3) is 2.87. The van der Waals surface area contributed by atoms with E-state index in [1.54, 1.807) is 13.0 Å². The van der Waals surface area contributed by atoms with E-state index in [0.29, 0.717) is 32.1 Å². The summed E-state index contributed by atoms with van der Waals surface area (Å²) in [5.74, 6) is 0.103. The zero-order valence-electron chi connectivity index (χ0n) is 9.91. The van der Waals surface area contributed by atoms with E-state index >= 15 is 0 Å². The fourth-order valence-electron chi connectivity index (χ4n) is 2.02. The van der Waals surface area contributed by atoms with Crippen LogP contribution >= 0.6 is 0 Å². The van der Waals surface area contributed by atoms with Gasteiger partial charge in [0, 0.05) is 12.8 Å². The second kappa shape index (κ2) is 5.19. The molecule has 0 aromatic rings. The van der Waals surface area contributed by atoms with Gasteiger partial charge in [0.25, 0.3) is 0 Å². The Labute approximate surface area is 95.9 Å². The van der Waals surface area contributed by atoms with E-state index in [-0.39, 0.29) is 17.3 Å². The summed E-state index contributed by atoms with van der Waals surface area (Å²) in [6.07, 6.45) is 6.07. The lowest BCUT2D eigenvalue weighted by Crippen LogP contribution is -2.39. The summed E-state index contributed by atoms with van der Waals surface area (Å²) in [7, 11) is 0. The third-order valence-corrected chi connectivity index (χ3v) is 3.20. The Morgan fingerprint density at radius 3 is 2.38 bits per heavy atom. The van der Waals surface area contributed by atoms with Crippen LogP contribution < -0.4 is 0 Å². The van der Waals surface area contributed by atoms with Gasteiger partial charge in [0.2, 0.25) is 0 Å². The van der Waals surface area contributed by atoms with Crippen LogP contribution in [0.1, 0.15) is 46.0 Å². The fourth-order valence-corrected chi connectivity index (χ4v) is 2.02. The Balaban J connectivity index is 2.58. The summed E-state index contributed by atoms with van der Waals surface area (Å²) >= 11 is 0. The Morgan fingerprint density at radius 1 is 1.31 bits per heavy atom. The van der Waals surface area contributed by atoms with Crippen LogP contribution in [0.15, 0.2) is 12.2 Å². The molecule has 88 valence electrons. The van der Waals surface area contributed by atoms with Crippen LogP contribution in [0.25, 0.3) is 0 Å². The lowest BCUT2D eigenvalue weighted by atomic mass is 9.71. The van der Waals surface area contributed by atoms with E-state index in [4.69, 9.17) is 0 Å². The van der Waals surface area contributed by atoms with Crippen LogP contribution in [0.2, 0.25) is 0 Å². The maximum Gasteiger partial charge on any atom is 0.152 e. The molecule has 0 radical (unpaired) electrons. The van der Waals surface area contributed by atoms with Crippen molar-refractivity contribution in [1.82, 2.24) is 0 Å². The van der Waals surface area contributed by atoms with Crippen LogP contribution in [0.4, 0.5) is 0 Å². The SMILES string of the molecule is CC(=O)/C=C/CCC1(C)C(=O)CCCC1=O. The van der Waals surface area contributed by atoms with Crippen LogP contribution in [0.5, 0.6) is 0 Å². The van der Waals surface area contributed by atoms with Gasteiger partial charge < -0.3 is 0 Å². The van der Waals surface area contributed by atoms with Gasteiger partial charge in [-0.2, -0.15) is 0 Å². The van der Waals surface area contributed by atoms with Crippen molar-refractivity contribution in [3.05, 3.63) is 12.2 Å². The van der Waals surface area contributed by atoms with Crippen molar-refractivity contribution < 1.29 is 14.4 Å². The molecule has 0 atom stereocenters. The topological polar surface area (TPSA) is 51.2 Å². The molecule has 3 nitrogen and oxygen atoms in total. The van der Waals surface area contributed by atoms with Gasteiger partial charge >= 0.3 is 0 Å². The zero-order valence-corrected chi connectivity index (χ0v) is 9.91. The van der Waals surface area contributed by atoms with Crippen molar-refractivity contribution in [2.24, 2.45) is 5.41 Å². The molecule has 0 aromatic heterocycles. The number of hydrogen-bond acceptors (Lipinski definition) is 3. The summed E-state index contributed by atoms with van der Waals surface area (Å²) in [5, 5.41) is 0. The van der Waals surface area contributed by atoms with Crippen LogP contribution in [0, 0.1) is 5.41 Å². The average molecular weight is 222 g/mol. The number of rotatable bonds is 4. The van der Waals surface area contributed by atoms with E-state index in [2.05, 4.69) is 0 Å². The minimum Gasteiger partial charge on any atom is -0.299 e. The van der Waals surface area contributed by atoms with Crippen LogP contribution in [-0.4, -0.2) is 17.3 Å². The summed E-state index contributed by atoms with van der Waals surface area (Å²) in [6, 6.07) is 0. The highest BCUT2D eigenvalue weighted by Gasteiger charge is 2.41. The van der Waals surface area contributed by atoms with Gasteiger partial charge in [0.1, 0.15) is 11.6 Å². The molecule has 0 heterocycles. The number of ketones is 3. The van der Waals surface area contributed by atoms with Gasteiger partial charge in [0.15, 0.2) is 5.78 Å². The minimum atomic E-state index is -0.806. The number of Topliss-reactive ketones (excluding diaryl/α,β-unsaturated/α-hetero) is 2. The van der Waals surface area contributed by atoms with Gasteiger partial charge in [-0.1, -0.05) is 6.08 Å². The number of carbonyl (C=O) groups is 3. The molecule has 1 fully saturated rings.